The lowest BCUT2D eigenvalue weighted by Gasteiger charge is -2.16. The Balaban J connectivity index is 1.83. The van der Waals surface area contributed by atoms with Crippen LogP contribution in [0.3, 0.4) is 0 Å². The highest BCUT2D eigenvalue weighted by Crippen LogP contribution is 2.22. The molecule has 0 heterocycles. The fourth-order valence-electron chi connectivity index (χ4n) is 2.12. The molecule has 0 amide bonds. The van der Waals surface area contributed by atoms with E-state index in [9.17, 15) is 0 Å². The third-order valence-corrected chi connectivity index (χ3v) is 3.69. The van der Waals surface area contributed by atoms with Crippen LogP contribution in [-0.4, -0.2) is 6.29 Å². The molecule has 0 saturated carbocycles. The standard InChI is InChI=1S/C19H24O2/c1-4-15(2)18-10-12-19(13-11-18)21-16(3)20-14-17-8-6-5-7-9-17/h5-13,15-16H,4,14H2,1-3H3. The number of rotatable bonds is 7. The fourth-order valence-corrected chi connectivity index (χ4v) is 2.12. The Morgan fingerprint density at radius 1 is 0.905 bits per heavy atom. The minimum Gasteiger partial charge on any atom is -0.465 e. The van der Waals surface area contributed by atoms with Gasteiger partial charge in [0, 0.05) is 0 Å². The molecule has 2 nitrogen and oxygen atoms in total. The van der Waals surface area contributed by atoms with Crippen molar-refractivity contribution in [2.24, 2.45) is 0 Å². The molecule has 0 aliphatic rings. The quantitative estimate of drug-likeness (QED) is 0.655. The van der Waals surface area contributed by atoms with Gasteiger partial charge >= 0.3 is 0 Å². The molecule has 0 aliphatic heterocycles. The zero-order valence-electron chi connectivity index (χ0n) is 13.1. The van der Waals surface area contributed by atoms with Gasteiger partial charge < -0.3 is 9.47 Å². The molecule has 0 N–H and O–H groups in total. The van der Waals surface area contributed by atoms with Crippen molar-refractivity contribution >= 4 is 0 Å². The molecular formula is C19H24O2. The molecule has 0 saturated heterocycles. The van der Waals surface area contributed by atoms with Crippen LogP contribution in [0.15, 0.2) is 54.6 Å². The first-order chi connectivity index (χ1) is 10.2. The van der Waals surface area contributed by atoms with Crippen molar-refractivity contribution in [2.75, 3.05) is 0 Å². The Morgan fingerprint density at radius 2 is 1.57 bits per heavy atom. The Labute approximate surface area is 127 Å². The Hall–Kier alpha value is -1.80. The molecule has 2 heteroatoms. The van der Waals surface area contributed by atoms with E-state index in [4.69, 9.17) is 9.47 Å². The number of ether oxygens (including phenoxy) is 2. The summed E-state index contributed by atoms with van der Waals surface area (Å²) in [6, 6.07) is 18.4. The summed E-state index contributed by atoms with van der Waals surface area (Å²) in [5.74, 6) is 1.44. The maximum Gasteiger partial charge on any atom is 0.197 e. The maximum absolute atomic E-state index is 5.78. The smallest absolute Gasteiger partial charge is 0.197 e. The predicted octanol–water partition coefficient (Wildman–Crippen LogP) is 5.14. The largest absolute Gasteiger partial charge is 0.465 e. The number of benzene rings is 2. The van der Waals surface area contributed by atoms with Crippen LogP contribution in [0.5, 0.6) is 5.75 Å². The van der Waals surface area contributed by atoms with Crippen LogP contribution in [0, 0.1) is 0 Å². The first-order valence-corrected chi connectivity index (χ1v) is 7.61. The van der Waals surface area contributed by atoms with Crippen molar-refractivity contribution < 1.29 is 9.47 Å². The van der Waals surface area contributed by atoms with Crippen molar-refractivity contribution in [3.63, 3.8) is 0 Å². The van der Waals surface area contributed by atoms with E-state index in [0.29, 0.717) is 12.5 Å². The second-order valence-corrected chi connectivity index (χ2v) is 5.36. The molecule has 0 aliphatic carbocycles. The van der Waals surface area contributed by atoms with Gasteiger partial charge in [-0.2, -0.15) is 0 Å². The molecule has 2 atom stereocenters. The molecule has 0 bridgehead atoms. The highest BCUT2D eigenvalue weighted by molar-refractivity contribution is 5.29. The first-order valence-electron chi connectivity index (χ1n) is 7.61. The van der Waals surface area contributed by atoms with E-state index >= 15 is 0 Å². The molecule has 2 unspecified atom stereocenters. The van der Waals surface area contributed by atoms with Crippen molar-refractivity contribution in [2.45, 2.75) is 46.0 Å². The summed E-state index contributed by atoms with van der Waals surface area (Å²) in [6.07, 6.45) is 0.885. The van der Waals surface area contributed by atoms with Crippen LogP contribution >= 0.6 is 0 Å². The topological polar surface area (TPSA) is 18.5 Å². The third kappa shape index (κ3) is 4.91. The molecule has 0 aromatic heterocycles. The van der Waals surface area contributed by atoms with Gasteiger partial charge in [-0.1, -0.05) is 56.3 Å². The zero-order chi connectivity index (χ0) is 15.1. The second-order valence-electron chi connectivity index (χ2n) is 5.36. The van der Waals surface area contributed by atoms with E-state index in [1.165, 1.54) is 5.56 Å². The lowest BCUT2D eigenvalue weighted by atomic mass is 9.99. The van der Waals surface area contributed by atoms with Crippen LogP contribution in [0.1, 0.15) is 44.2 Å². The molecule has 21 heavy (non-hydrogen) atoms. The molecule has 0 spiro atoms. The van der Waals surface area contributed by atoms with E-state index in [-0.39, 0.29) is 6.29 Å². The molecule has 0 fully saturated rings. The average Bonchev–Trinajstić information content (AvgIpc) is 2.54. The summed E-state index contributed by atoms with van der Waals surface area (Å²) in [6.45, 7) is 6.93. The van der Waals surface area contributed by atoms with Gasteiger partial charge in [-0.25, -0.2) is 0 Å². The molecule has 2 aromatic rings. The van der Waals surface area contributed by atoms with Gasteiger partial charge in [0.15, 0.2) is 6.29 Å². The summed E-state index contributed by atoms with van der Waals surface area (Å²) < 4.78 is 11.5. The third-order valence-electron chi connectivity index (χ3n) is 3.69. The first kappa shape index (κ1) is 15.6. The Bertz CT molecular complexity index is 519. The predicted molar refractivity (Wildman–Crippen MR) is 86.5 cm³/mol. The van der Waals surface area contributed by atoms with Gasteiger partial charge in [-0.05, 0) is 42.5 Å². The van der Waals surface area contributed by atoms with E-state index in [0.717, 1.165) is 17.7 Å². The Morgan fingerprint density at radius 3 is 2.19 bits per heavy atom. The van der Waals surface area contributed by atoms with E-state index in [1.54, 1.807) is 0 Å². The van der Waals surface area contributed by atoms with Crippen molar-refractivity contribution in [3.05, 3.63) is 65.7 Å². The van der Waals surface area contributed by atoms with Gasteiger partial charge in [0.2, 0.25) is 0 Å². The molecular weight excluding hydrogens is 260 g/mol. The van der Waals surface area contributed by atoms with E-state index in [1.807, 2.05) is 49.4 Å². The normalized spacial score (nSPS) is 13.7. The average molecular weight is 284 g/mol. The fraction of sp³-hybridized carbons (Fsp3) is 0.368. The number of hydrogen-bond donors (Lipinski definition) is 0. The van der Waals surface area contributed by atoms with Gasteiger partial charge in [0.25, 0.3) is 0 Å². The lowest BCUT2D eigenvalue weighted by molar-refractivity contribution is -0.0759. The van der Waals surface area contributed by atoms with E-state index in [2.05, 4.69) is 26.0 Å². The van der Waals surface area contributed by atoms with E-state index < -0.39 is 0 Å². The van der Waals surface area contributed by atoms with Crippen LogP contribution < -0.4 is 4.74 Å². The number of hydrogen-bond acceptors (Lipinski definition) is 2. The molecule has 0 radical (unpaired) electrons. The summed E-state index contributed by atoms with van der Waals surface area (Å²) in [4.78, 5) is 0. The van der Waals surface area contributed by atoms with Crippen LogP contribution in [0.2, 0.25) is 0 Å². The maximum atomic E-state index is 5.78. The summed E-state index contributed by atoms with van der Waals surface area (Å²) >= 11 is 0. The van der Waals surface area contributed by atoms with Crippen LogP contribution in [-0.2, 0) is 11.3 Å². The second kappa shape index (κ2) is 7.84. The van der Waals surface area contributed by atoms with Crippen molar-refractivity contribution in [1.29, 1.82) is 0 Å². The molecule has 112 valence electrons. The highest BCUT2D eigenvalue weighted by atomic mass is 16.7. The monoisotopic (exact) mass is 284 g/mol. The van der Waals surface area contributed by atoms with Crippen molar-refractivity contribution in [1.82, 2.24) is 0 Å². The van der Waals surface area contributed by atoms with Gasteiger partial charge in [0.05, 0.1) is 6.61 Å². The molecule has 2 rings (SSSR count). The minimum atomic E-state index is -0.264. The summed E-state index contributed by atoms with van der Waals surface area (Å²) in [5, 5.41) is 0. The minimum absolute atomic E-state index is 0.264. The van der Waals surface area contributed by atoms with Gasteiger partial charge in [-0.3, -0.25) is 0 Å². The molecule has 2 aromatic carbocycles. The van der Waals surface area contributed by atoms with Crippen molar-refractivity contribution in [3.8, 4) is 5.75 Å². The summed E-state index contributed by atoms with van der Waals surface area (Å²) in [7, 11) is 0. The highest BCUT2D eigenvalue weighted by Gasteiger charge is 2.06. The van der Waals surface area contributed by atoms with Gasteiger partial charge in [0.1, 0.15) is 5.75 Å². The van der Waals surface area contributed by atoms with Crippen LogP contribution in [0.4, 0.5) is 0 Å². The SMILES string of the molecule is CCC(C)c1ccc(OC(C)OCc2ccccc2)cc1. The summed E-state index contributed by atoms with van der Waals surface area (Å²) in [5.41, 5.74) is 2.50. The van der Waals surface area contributed by atoms with Gasteiger partial charge in [-0.15, -0.1) is 0 Å². The Kier molecular flexibility index (Phi) is 5.82. The zero-order valence-corrected chi connectivity index (χ0v) is 13.1. The van der Waals surface area contributed by atoms with Crippen LogP contribution in [0.25, 0.3) is 0 Å². The lowest BCUT2D eigenvalue weighted by Crippen LogP contribution is -2.16.